The maximum absolute atomic E-state index is 0. The van der Waals surface area contributed by atoms with Crippen molar-refractivity contribution in [1.29, 1.82) is 0 Å². The maximum atomic E-state index is 0. The van der Waals surface area contributed by atoms with E-state index in [-0.39, 0.29) is 327 Å². The predicted molar refractivity (Wildman–Crippen MR) is 73.3 cm³/mol. The van der Waals surface area contributed by atoms with Gasteiger partial charge in [0.1, 0.15) is 0 Å². The van der Waals surface area contributed by atoms with Crippen LogP contribution in [0.4, 0.5) is 70.6 Å². The molecule has 0 N–H and O–H groups in total. The Bertz CT molecular complexity index is 16.2. The molecule has 20 heteroatoms. The first-order valence-corrected chi connectivity index (χ1v) is 0. The average Bonchev–Trinajstić information content (AvgIpc) is 0. The number of hydrogen-bond donors (Lipinski definition) is 0. The third-order valence-electron chi connectivity index (χ3n) is 0. The fraction of sp³-hybridized carbons (Fsp3) is 0. The van der Waals surface area contributed by atoms with Crippen molar-refractivity contribution in [3.8, 4) is 0 Å². The van der Waals surface area contributed by atoms with Crippen LogP contribution in [-0.4, -0.2) is 257 Å². The molecule has 0 aromatic rings. The molecule has 0 atom stereocenters. The standard InChI is InChI=1S/15FH.5K.5H/h15*1H;;;;;;;;;;. The second-order valence-corrected chi connectivity index (χ2v) is 0. The van der Waals surface area contributed by atoms with Gasteiger partial charge >= 0.3 is 257 Å². The van der Waals surface area contributed by atoms with E-state index in [1.807, 2.05) is 0 Å². The molecule has 0 rings (SSSR count). The summed E-state index contributed by atoms with van der Waals surface area (Å²) in [6.07, 6.45) is 0. The van der Waals surface area contributed by atoms with Crippen molar-refractivity contribution >= 4 is 257 Å². The van der Waals surface area contributed by atoms with Gasteiger partial charge in [-0.25, -0.2) is 0 Å². The van der Waals surface area contributed by atoms with E-state index in [4.69, 9.17) is 0 Å². The molecule has 130 valence electrons. The van der Waals surface area contributed by atoms with E-state index < -0.39 is 0 Å². The van der Waals surface area contributed by atoms with Crippen molar-refractivity contribution in [2.24, 2.45) is 0 Å². The molecule has 0 amide bonds. The van der Waals surface area contributed by atoms with Crippen LogP contribution in [0.2, 0.25) is 0 Å². The molecule has 0 aromatic carbocycles. The molecule has 0 unspecified atom stereocenters. The number of rotatable bonds is 0. The van der Waals surface area contributed by atoms with Crippen molar-refractivity contribution in [3.05, 3.63) is 0 Å². The fourth-order valence-electron chi connectivity index (χ4n) is 0. The minimum atomic E-state index is 0. The Morgan fingerprint density at radius 3 is 0.100 bits per heavy atom. The van der Waals surface area contributed by atoms with E-state index in [0.29, 0.717) is 0 Å². The summed E-state index contributed by atoms with van der Waals surface area (Å²) < 4.78 is 0. The molecule has 0 saturated heterocycles. The summed E-state index contributed by atoms with van der Waals surface area (Å²) in [7, 11) is 0. The summed E-state index contributed by atoms with van der Waals surface area (Å²) in [5, 5.41) is 0. The van der Waals surface area contributed by atoms with Gasteiger partial charge in [-0.05, 0) is 0 Å². The Morgan fingerprint density at radius 1 is 0.100 bits per heavy atom. The van der Waals surface area contributed by atoms with Crippen LogP contribution in [0.5, 0.6) is 0 Å². The number of halogens is 15. The molecule has 20 heavy (non-hydrogen) atoms. The molecular formula is H20F15K5. The third kappa shape index (κ3) is 288. The van der Waals surface area contributed by atoms with Crippen LogP contribution in [0, 0.1) is 0 Å². The average molecular weight is 501 g/mol. The molecule has 0 heterocycles. The molecule has 0 bridgehead atoms. The van der Waals surface area contributed by atoms with Gasteiger partial charge < -0.3 is 0 Å². The van der Waals surface area contributed by atoms with E-state index in [1.54, 1.807) is 0 Å². The molecule has 0 aliphatic carbocycles. The Kier molecular flexibility index (Phi) is 5910. The van der Waals surface area contributed by atoms with Gasteiger partial charge in [-0.3, -0.25) is 70.6 Å². The molecule has 0 saturated carbocycles. The van der Waals surface area contributed by atoms with Crippen LogP contribution in [-0.2, 0) is 0 Å². The van der Waals surface area contributed by atoms with Crippen molar-refractivity contribution in [3.63, 3.8) is 0 Å². The predicted octanol–water partition coefficient (Wildman–Crippen LogP) is -0.955. The van der Waals surface area contributed by atoms with Crippen molar-refractivity contribution in [1.82, 2.24) is 0 Å². The van der Waals surface area contributed by atoms with E-state index in [0.717, 1.165) is 0 Å². The zero-order valence-corrected chi connectivity index (χ0v) is 6.12. The van der Waals surface area contributed by atoms with Crippen LogP contribution in [0.3, 0.4) is 0 Å². The van der Waals surface area contributed by atoms with E-state index >= 15 is 0 Å². The first kappa shape index (κ1) is 364. The zero-order chi connectivity index (χ0) is 0. The molecule has 0 nitrogen and oxygen atoms in total. The molecule has 0 aliphatic heterocycles. The quantitative estimate of drug-likeness (QED) is 0.297. The topological polar surface area (TPSA) is 0 Å². The SMILES string of the molecule is F.F.F.F.F.F.F.F.F.F.F.F.F.F.F.[KH].[KH].[KH].[KH].[KH]. The van der Waals surface area contributed by atoms with Crippen LogP contribution < -0.4 is 0 Å². The second-order valence-electron chi connectivity index (χ2n) is 0. The Hall–Kier alpha value is 7.13. The van der Waals surface area contributed by atoms with Crippen molar-refractivity contribution in [2.75, 3.05) is 0 Å². The monoisotopic (exact) mass is 500 g/mol. The van der Waals surface area contributed by atoms with Crippen molar-refractivity contribution < 1.29 is 70.6 Å². The van der Waals surface area contributed by atoms with Crippen LogP contribution in [0.15, 0.2) is 0 Å². The molecule has 0 spiro atoms. The fourth-order valence-corrected chi connectivity index (χ4v) is 0. The van der Waals surface area contributed by atoms with Gasteiger partial charge in [0.15, 0.2) is 0 Å². The van der Waals surface area contributed by atoms with Crippen LogP contribution in [0.1, 0.15) is 0 Å². The zero-order valence-electron chi connectivity index (χ0n) is 6.12. The molecule has 0 aliphatic rings. The molecular weight excluding hydrogens is 480 g/mol. The molecule has 0 radical (unpaired) electrons. The summed E-state index contributed by atoms with van der Waals surface area (Å²) in [5.74, 6) is 0. The third-order valence-corrected chi connectivity index (χ3v) is 0. The van der Waals surface area contributed by atoms with Gasteiger partial charge in [-0.15, -0.1) is 0 Å². The molecule has 0 fully saturated rings. The first-order valence-electron chi connectivity index (χ1n) is 0. The summed E-state index contributed by atoms with van der Waals surface area (Å²) in [6.45, 7) is 0. The Morgan fingerprint density at radius 2 is 0.100 bits per heavy atom. The Labute approximate surface area is 317 Å². The van der Waals surface area contributed by atoms with Crippen molar-refractivity contribution in [2.45, 2.75) is 0 Å². The van der Waals surface area contributed by atoms with E-state index in [9.17, 15) is 0 Å². The van der Waals surface area contributed by atoms with Crippen LogP contribution in [0.25, 0.3) is 0 Å². The van der Waals surface area contributed by atoms with Gasteiger partial charge in [0.05, 0.1) is 0 Å². The van der Waals surface area contributed by atoms with E-state index in [1.165, 1.54) is 0 Å². The second kappa shape index (κ2) is 325. The normalized spacial score (nSPS) is 0. The summed E-state index contributed by atoms with van der Waals surface area (Å²) in [5.41, 5.74) is 0. The van der Waals surface area contributed by atoms with Crippen LogP contribution >= 0.6 is 0 Å². The van der Waals surface area contributed by atoms with Gasteiger partial charge in [0.25, 0.3) is 0 Å². The Balaban J connectivity index is 0. The minimum absolute atomic E-state index is 0. The molecule has 0 aromatic heterocycles. The van der Waals surface area contributed by atoms with Gasteiger partial charge in [-0.2, -0.15) is 0 Å². The summed E-state index contributed by atoms with van der Waals surface area (Å²) in [4.78, 5) is 0. The first-order chi connectivity index (χ1) is 0. The van der Waals surface area contributed by atoms with Gasteiger partial charge in [0.2, 0.25) is 0 Å². The summed E-state index contributed by atoms with van der Waals surface area (Å²) in [6, 6.07) is 0. The van der Waals surface area contributed by atoms with Gasteiger partial charge in [-0.1, -0.05) is 0 Å². The van der Waals surface area contributed by atoms with E-state index in [2.05, 4.69) is 0 Å². The number of hydrogen-bond acceptors (Lipinski definition) is 0. The van der Waals surface area contributed by atoms with Gasteiger partial charge in [0, 0.05) is 0 Å². The summed E-state index contributed by atoms with van der Waals surface area (Å²) >= 11 is 0.